The van der Waals surface area contributed by atoms with Gasteiger partial charge in [0.25, 0.3) is 10.1 Å². The van der Waals surface area contributed by atoms with E-state index in [2.05, 4.69) is 19.9 Å². The Bertz CT molecular complexity index is 464. The van der Waals surface area contributed by atoms with Crippen LogP contribution in [-0.2, 0) is 14.3 Å². The third-order valence-electron chi connectivity index (χ3n) is 4.57. The molecular weight excluding hydrogens is 226 g/mol. The number of nitrogens with zero attached hydrogens (tertiary/aromatic N) is 1. The van der Waals surface area contributed by atoms with Crippen molar-refractivity contribution in [3.05, 3.63) is 0 Å². The van der Waals surface area contributed by atoms with Crippen LogP contribution in [-0.4, -0.2) is 19.8 Å². The predicted molar refractivity (Wildman–Crippen MR) is 56.6 cm³/mol. The maximum atomic E-state index is 11.8. The van der Waals surface area contributed by atoms with Gasteiger partial charge in [0.1, 0.15) is 5.25 Å². The van der Waals surface area contributed by atoms with Gasteiger partial charge >= 0.3 is 0 Å². The van der Waals surface area contributed by atoms with Gasteiger partial charge in [-0.05, 0) is 24.2 Å². The van der Waals surface area contributed by atoms with Crippen LogP contribution in [0.3, 0.4) is 0 Å². The van der Waals surface area contributed by atoms with Crippen LogP contribution in [0.15, 0.2) is 0 Å². The summed E-state index contributed by atoms with van der Waals surface area (Å²) >= 11 is 0. The van der Waals surface area contributed by atoms with Crippen molar-refractivity contribution >= 4 is 10.1 Å². The maximum Gasteiger partial charge on any atom is 0.272 e. The molecule has 3 rings (SSSR count). The first-order valence-corrected chi connectivity index (χ1v) is 7.26. The minimum atomic E-state index is -3.48. The molecule has 1 aliphatic heterocycles. The molecule has 6 atom stereocenters. The average molecular weight is 241 g/mol. The van der Waals surface area contributed by atoms with Crippen molar-refractivity contribution in [3.8, 4) is 6.07 Å². The number of nitriles is 1. The lowest BCUT2D eigenvalue weighted by molar-refractivity contribution is 0.0864. The maximum absolute atomic E-state index is 11.8. The molecular formula is C11H15NO3S. The average Bonchev–Trinajstić information content (AvgIpc) is 2.74. The summed E-state index contributed by atoms with van der Waals surface area (Å²) < 4.78 is 28.9. The van der Waals surface area contributed by atoms with Crippen LogP contribution in [0.5, 0.6) is 0 Å². The van der Waals surface area contributed by atoms with Crippen molar-refractivity contribution in [2.45, 2.75) is 31.6 Å². The molecule has 2 saturated carbocycles. The summed E-state index contributed by atoms with van der Waals surface area (Å²) in [5, 5.41) is 8.63. The van der Waals surface area contributed by atoms with Gasteiger partial charge in [0.15, 0.2) is 0 Å². The lowest BCUT2D eigenvalue weighted by Crippen LogP contribution is -2.38. The Morgan fingerprint density at radius 2 is 2.06 bits per heavy atom. The third kappa shape index (κ3) is 1.05. The van der Waals surface area contributed by atoms with Gasteiger partial charge in [-0.3, -0.25) is 4.18 Å². The molecule has 2 aliphatic carbocycles. The van der Waals surface area contributed by atoms with E-state index in [1.54, 1.807) is 0 Å². The van der Waals surface area contributed by atoms with Gasteiger partial charge in [-0.1, -0.05) is 13.8 Å². The molecule has 1 saturated heterocycles. The summed E-state index contributed by atoms with van der Waals surface area (Å²) in [5.41, 5.74) is 0. The van der Waals surface area contributed by atoms with Crippen molar-refractivity contribution in [1.82, 2.24) is 0 Å². The Morgan fingerprint density at radius 1 is 1.38 bits per heavy atom. The fourth-order valence-electron chi connectivity index (χ4n) is 4.14. The zero-order valence-electron chi connectivity index (χ0n) is 9.33. The molecule has 0 aromatic heterocycles. The lowest BCUT2D eigenvalue weighted by Gasteiger charge is -2.30. The van der Waals surface area contributed by atoms with E-state index in [0.717, 1.165) is 6.42 Å². The third-order valence-corrected chi connectivity index (χ3v) is 6.37. The zero-order chi connectivity index (χ0) is 11.7. The molecule has 0 aromatic carbocycles. The Balaban J connectivity index is 2.09. The Kier molecular flexibility index (Phi) is 1.97. The summed E-state index contributed by atoms with van der Waals surface area (Å²) in [6, 6.07) is 2.20. The van der Waals surface area contributed by atoms with Crippen LogP contribution in [0.1, 0.15) is 20.3 Å². The van der Waals surface area contributed by atoms with Crippen molar-refractivity contribution in [1.29, 1.82) is 5.26 Å². The van der Waals surface area contributed by atoms with Crippen LogP contribution in [0.25, 0.3) is 0 Å². The lowest BCUT2D eigenvalue weighted by atomic mass is 9.74. The summed E-state index contributed by atoms with van der Waals surface area (Å²) in [7, 11) is -3.48. The molecule has 0 radical (unpaired) electrons. The van der Waals surface area contributed by atoms with Crippen molar-refractivity contribution < 1.29 is 12.6 Å². The molecule has 0 aromatic rings. The highest BCUT2D eigenvalue weighted by atomic mass is 32.2. The van der Waals surface area contributed by atoms with Crippen molar-refractivity contribution in [2.75, 3.05) is 0 Å². The van der Waals surface area contributed by atoms with Crippen LogP contribution < -0.4 is 0 Å². The highest BCUT2D eigenvalue weighted by Gasteiger charge is 2.69. The molecule has 0 amide bonds. The second-order valence-electron chi connectivity index (χ2n) is 5.56. The van der Waals surface area contributed by atoms with Gasteiger partial charge < -0.3 is 0 Å². The number of rotatable bonds is 1. The summed E-state index contributed by atoms with van der Waals surface area (Å²) in [6.45, 7) is 4.17. The first-order chi connectivity index (χ1) is 7.47. The van der Waals surface area contributed by atoms with E-state index in [1.807, 2.05) is 0 Å². The minimum Gasteiger partial charge on any atom is -0.266 e. The van der Waals surface area contributed by atoms with Gasteiger partial charge in [-0.15, -0.1) is 0 Å². The van der Waals surface area contributed by atoms with E-state index in [1.165, 1.54) is 0 Å². The SMILES string of the molecule is CC(C)C1C2CC3C1OS(=O)(=O)C3C2C#N. The first-order valence-electron chi connectivity index (χ1n) is 5.79. The fourth-order valence-corrected chi connectivity index (χ4v) is 6.17. The standard InChI is InChI=1S/C11H15NO3S/c1-5(2)9-6-3-7-10(9)15-16(13,14)11(7)8(6)4-12/h5-11H,3H2,1-2H3. The number of hydrogen-bond acceptors (Lipinski definition) is 4. The normalized spacial score (nSPS) is 52.1. The first kappa shape index (κ1) is 10.5. The minimum absolute atomic E-state index is 0.0760. The molecule has 16 heavy (non-hydrogen) atoms. The molecule has 88 valence electrons. The van der Waals surface area contributed by atoms with E-state index in [-0.39, 0.29) is 29.8 Å². The molecule has 1 heterocycles. The Labute approximate surface area is 95.7 Å². The van der Waals surface area contributed by atoms with Crippen LogP contribution >= 0.6 is 0 Å². The van der Waals surface area contributed by atoms with Crippen molar-refractivity contribution in [3.63, 3.8) is 0 Å². The van der Waals surface area contributed by atoms with Gasteiger partial charge in [0.05, 0.1) is 18.1 Å². The Hall–Kier alpha value is -0.600. The molecule has 2 bridgehead atoms. The smallest absolute Gasteiger partial charge is 0.266 e. The molecule has 5 heteroatoms. The fraction of sp³-hybridized carbons (Fsp3) is 0.909. The highest BCUT2D eigenvalue weighted by Crippen LogP contribution is 2.61. The largest absolute Gasteiger partial charge is 0.272 e. The topological polar surface area (TPSA) is 67.2 Å². The van der Waals surface area contributed by atoms with E-state index in [9.17, 15) is 8.42 Å². The second-order valence-corrected chi connectivity index (χ2v) is 7.28. The van der Waals surface area contributed by atoms with E-state index < -0.39 is 15.4 Å². The predicted octanol–water partition coefficient (Wildman–Crippen LogP) is 1.15. The number of hydrogen-bond donors (Lipinski definition) is 0. The molecule has 4 nitrogen and oxygen atoms in total. The summed E-state index contributed by atoms with van der Waals surface area (Å²) in [5.74, 6) is 0.573. The van der Waals surface area contributed by atoms with Crippen LogP contribution in [0.4, 0.5) is 0 Å². The zero-order valence-corrected chi connectivity index (χ0v) is 10.1. The van der Waals surface area contributed by atoms with Gasteiger partial charge in [0.2, 0.25) is 0 Å². The molecule has 0 N–H and O–H groups in total. The monoisotopic (exact) mass is 241 g/mol. The van der Waals surface area contributed by atoms with Crippen molar-refractivity contribution in [2.24, 2.45) is 29.6 Å². The highest BCUT2D eigenvalue weighted by molar-refractivity contribution is 7.87. The molecule has 3 aliphatic rings. The summed E-state index contributed by atoms with van der Waals surface area (Å²) in [4.78, 5) is 0. The molecule has 3 fully saturated rings. The van der Waals surface area contributed by atoms with Gasteiger partial charge in [-0.2, -0.15) is 13.7 Å². The molecule has 6 unspecified atom stereocenters. The second kappa shape index (κ2) is 2.99. The van der Waals surface area contributed by atoms with Gasteiger partial charge in [0, 0.05) is 5.92 Å². The molecule has 0 spiro atoms. The van der Waals surface area contributed by atoms with E-state index in [0.29, 0.717) is 5.92 Å². The Morgan fingerprint density at radius 3 is 2.62 bits per heavy atom. The van der Waals surface area contributed by atoms with E-state index >= 15 is 0 Å². The van der Waals surface area contributed by atoms with Crippen LogP contribution in [0.2, 0.25) is 0 Å². The van der Waals surface area contributed by atoms with Crippen LogP contribution in [0, 0.1) is 40.9 Å². The van der Waals surface area contributed by atoms with E-state index in [4.69, 9.17) is 9.44 Å². The number of fused-ring (bicyclic) bond motifs is 1. The summed E-state index contributed by atoms with van der Waals surface area (Å²) in [6.07, 6.45) is 0.708. The quantitative estimate of drug-likeness (QED) is 0.646. The van der Waals surface area contributed by atoms with Gasteiger partial charge in [-0.25, -0.2) is 0 Å².